The fourth-order valence-electron chi connectivity index (χ4n) is 4.18. The lowest BCUT2D eigenvalue weighted by Gasteiger charge is -2.34. The first-order valence-electron chi connectivity index (χ1n) is 10.4. The summed E-state index contributed by atoms with van der Waals surface area (Å²) in [5.74, 6) is 0.809. The van der Waals surface area contributed by atoms with E-state index in [0.717, 1.165) is 44.6 Å². The van der Waals surface area contributed by atoms with E-state index in [1.807, 2.05) is 18.2 Å². The maximum Gasteiger partial charge on any atom is 0.253 e. The molecule has 0 bridgehead atoms. The standard InChI is InChI=1S/C24H31FN2O3/c1-26(24(28)20-10-11-23(30-3)21(25)15-20)16-18-7-6-13-27(17-18)14-12-19-8-4-5-9-22(19)29-2/h4-5,8-11,15,18H,6-7,12-14,16-17H2,1-3H3. The largest absolute Gasteiger partial charge is 0.496 e. The Labute approximate surface area is 178 Å². The van der Waals surface area contributed by atoms with Gasteiger partial charge in [0.15, 0.2) is 11.6 Å². The number of hydrogen-bond donors (Lipinski definition) is 0. The third kappa shape index (κ3) is 5.51. The van der Waals surface area contributed by atoms with Crippen molar-refractivity contribution in [2.75, 3.05) is 47.4 Å². The van der Waals surface area contributed by atoms with Gasteiger partial charge in [0.1, 0.15) is 5.75 Å². The van der Waals surface area contributed by atoms with E-state index < -0.39 is 5.82 Å². The normalized spacial score (nSPS) is 16.9. The van der Waals surface area contributed by atoms with Crippen molar-refractivity contribution in [2.45, 2.75) is 19.3 Å². The van der Waals surface area contributed by atoms with E-state index in [0.29, 0.717) is 18.0 Å². The summed E-state index contributed by atoms with van der Waals surface area (Å²) in [7, 11) is 4.91. The number of likely N-dealkylation sites (tertiary alicyclic amines) is 1. The summed E-state index contributed by atoms with van der Waals surface area (Å²) in [6.07, 6.45) is 3.16. The molecule has 1 fully saturated rings. The maximum absolute atomic E-state index is 14.0. The summed E-state index contributed by atoms with van der Waals surface area (Å²) in [6.45, 7) is 3.67. The van der Waals surface area contributed by atoms with Gasteiger partial charge in [-0.3, -0.25) is 4.79 Å². The van der Waals surface area contributed by atoms with E-state index in [1.165, 1.54) is 24.8 Å². The highest BCUT2D eigenvalue weighted by atomic mass is 19.1. The molecule has 0 spiro atoms. The van der Waals surface area contributed by atoms with Gasteiger partial charge >= 0.3 is 0 Å². The molecule has 6 heteroatoms. The number of amides is 1. The molecule has 1 amide bonds. The minimum absolute atomic E-state index is 0.146. The summed E-state index contributed by atoms with van der Waals surface area (Å²) >= 11 is 0. The van der Waals surface area contributed by atoms with Crippen LogP contribution >= 0.6 is 0 Å². The Hall–Kier alpha value is -2.60. The van der Waals surface area contributed by atoms with Gasteiger partial charge in [-0.15, -0.1) is 0 Å². The van der Waals surface area contributed by atoms with Crippen LogP contribution in [0.4, 0.5) is 4.39 Å². The molecular weight excluding hydrogens is 383 g/mol. The minimum atomic E-state index is -0.517. The number of halogens is 1. The van der Waals surface area contributed by atoms with Crippen LogP contribution in [0.1, 0.15) is 28.8 Å². The Bertz CT molecular complexity index is 858. The van der Waals surface area contributed by atoms with Crippen molar-refractivity contribution >= 4 is 5.91 Å². The van der Waals surface area contributed by atoms with E-state index in [9.17, 15) is 9.18 Å². The van der Waals surface area contributed by atoms with E-state index in [2.05, 4.69) is 11.0 Å². The molecule has 162 valence electrons. The highest BCUT2D eigenvalue weighted by Crippen LogP contribution is 2.22. The molecule has 1 atom stereocenters. The summed E-state index contributed by atoms with van der Waals surface area (Å²) in [4.78, 5) is 16.9. The number of carbonyl (C=O) groups is 1. The molecule has 0 aliphatic carbocycles. The van der Waals surface area contributed by atoms with E-state index >= 15 is 0 Å². The highest BCUT2D eigenvalue weighted by molar-refractivity contribution is 5.94. The van der Waals surface area contributed by atoms with Crippen LogP contribution < -0.4 is 9.47 Å². The quantitative estimate of drug-likeness (QED) is 0.658. The predicted octanol–water partition coefficient (Wildman–Crippen LogP) is 3.87. The minimum Gasteiger partial charge on any atom is -0.496 e. The molecule has 2 aromatic rings. The van der Waals surface area contributed by atoms with Crippen molar-refractivity contribution in [1.82, 2.24) is 9.80 Å². The predicted molar refractivity (Wildman–Crippen MR) is 116 cm³/mol. The van der Waals surface area contributed by atoms with Gasteiger partial charge in [-0.25, -0.2) is 4.39 Å². The second kappa shape index (κ2) is 10.4. The summed E-state index contributed by atoms with van der Waals surface area (Å²) < 4.78 is 24.3. The number of rotatable bonds is 8. The Morgan fingerprint density at radius 2 is 1.93 bits per heavy atom. The van der Waals surface area contributed by atoms with Crippen molar-refractivity contribution in [3.05, 3.63) is 59.4 Å². The Morgan fingerprint density at radius 3 is 2.67 bits per heavy atom. The molecule has 5 nitrogen and oxygen atoms in total. The van der Waals surface area contributed by atoms with Crippen molar-refractivity contribution < 1.29 is 18.7 Å². The molecule has 0 saturated carbocycles. The zero-order valence-corrected chi connectivity index (χ0v) is 18.1. The SMILES string of the molecule is COc1ccc(C(=O)N(C)CC2CCCN(CCc3ccccc3OC)C2)cc1F. The number of carbonyl (C=O) groups excluding carboxylic acids is 1. The fourth-order valence-corrected chi connectivity index (χ4v) is 4.18. The molecule has 0 N–H and O–H groups in total. The number of para-hydroxylation sites is 1. The van der Waals surface area contributed by atoms with Crippen LogP contribution in [0.15, 0.2) is 42.5 Å². The average Bonchev–Trinajstić information content (AvgIpc) is 2.77. The summed E-state index contributed by atoms with van der Waals surface area (Å²) in [5, 5.41) is 0. The van der Waals surface area contributed by atoms with Crippen molar-refractivity contribution in [3.8, 4) is 11.5 Å². The van der Waals surface area contributed by atoms with Crippen LogP contribution in [-0.2, 0) is 6.42 Å². The molecule has 1 saturated heterocycles. The molecule has 2 aromatic carbocycles. The molecule has 0 aromatic heterocycles. The molecule has 1 aliphatic heterocycles. The molecule has 1 unspecified atom stereocenters. The van der Waals surface area contributed by atoms with Crippen LogP contribution in [0.5, 0.6) is 11.5 Å². The smallest absolute Gasteiger partial charge is 0.253 e. The Kier molecular flexibility index (Phi) is 7.69. The van der Waals surface area contributed by atoms with Crippen molar-refractivity contribution in [2.24, 2.45) is 5.92 Å². The van der Waals surface area contributed by atoms with Gasteiger partial charge in [-0.2, -0.15) is 0 Å². The summed E-state index contributed by atoms with van der Waals surface area (Å²) in [6, 6.07) is 12.5. The number of ether oxygens (including phenoxy) is 2. The Balaban J connectivity index is 1.53. The average molecular weight is 415 g/mol. The van der Waals surface area contributed by atoms with Gasteiger partial charge in [0, 0.05) is 32.2 Å². The van der Waals surface area contributed by atoms with E-state index in [-0.39, 0.29) is 11.7 Å². The number of nitrogens with zero attached hydrogens (tertiary/aromatic N) is 2. The third-order valence-electron chi connectivity index (χ3n) is 5.77. The van der Waals surface area contributed by atoms with E-state index in [4.69, 9.17) is 9.47 Å². The second-order valence-corrected chi connectivity index (χ2v) is 7.91. The lowest BCUT2D eigenvalue weighted by Crippen LogP contribution is -2.42. The van der Waals surface area contributed by atoms with Crippen LogP contribution in [0.3, 0.4) is 0 Å². The van der Waals surface area contributed by atoms with Gasteiger partial charge < -0.3 is 19.3 Å². The first kappa shape index (κ1) is 22.1. The maximum atomic E-state index is 14.0. The number of hydrogen-bond acceptors (Lipinski definition) is 4. The highest BCUT2D eigenvalue weighted by Gasteiger charge is 2.23. The summed E-state index contributed by atoms with van der Waals surface area (Å²) in [5.41, 5.74) is 1.57. The van der Waals surface area contributed by atoms with Gasteiger partial charge in [0.25, 0.3) is 5.91 Å². The molecule has 3 rings (SSSR count). The van der Waals surface area contributed by atoms with Crippen LogP contribution in [0.2, 0.25) is 0 Å². The van der Waals surface area contributed by atoms with E-state index in [1.54, 1.807) is 25.1 Å². The number of benzene rings is 2. The van der Waals surface area contributed by atoms with Crippen LogP contribution in [0.25, 0.3) is 0 Å². The monoisotopic (exact) mass is 414 g/mol. The number of piperidine rings is 1. The van der Waals surface area contributed by atoms with Crippen molar-refractivity contribution in [1.29, 1.82) is 0 Å². The Morgan fingerprint density at radius 1 is 1.17 bits per heavy atom. The van der Waals surface area contributed by atoms with Crippen LogP contribution in [0, 0.1) is 11.7 Å². The number of methoxy groups -OCH3 is 2. The molecule has 1 heterocycles. The first-order valence-corrected chi connectivity index (χ1v) is 10.4. The lowest BCUT2D eigenvalue weighted by molar-refractivity contribution is 0.0729. The lowest BCUT2D eigenvalue weighted by atomic mass is 9.96. The van der Waals surface area contributed by atoms with Gasteiger partial charge in [-0.05, 0) is 61.6 Å². The zero-order valence-electron chi connectivity index (χ0n) is 18.1. The molecule has 1 aliphatic rings. The topological polar surface area (TPSA) is 42.0 Å². The van der Waals surface area contributed by atoms with Crippen LogP contribution in [-0.4, -0.2) is 63.2 Å². The first-order chi connectivity index (χ1) is 14.5. The fraction of sp³-hybridized carbons (Fsp3) is 0.458. The zero-order chi connectivity index (χ0) is 21.5. The molecule has 30 heavy (non-hydrogen) atoms. The van der Waals surface area contributed by atoms with Gasteiger partial charge in [0.2, 0.25) is 0 Å². The third-order valence-corrected chi connectivity index (χ3v) is 5.77. The van der Waals surface area contributed by atoms with Gasteiger partial charge in [0.05, 0.1) is 14.2 Å². The molecule has 0 radical (unpaired) electrons. The van der Waals surface area contributed by atoms with Crippen molar-refractivity contribution in [3.63, 3.8) is 0 Å². The van der Waals surface area contributed by atoms with Gasteiger partial charge in [-0.1, -0.05) is 18.2 Å². The molecular formula is C24H31FN2O3. The second-order valence-electron chi connectivity index (χ2n) is 7.91.